The van der Waals surface area contributed by atoms with Gasteiger partial charge in [-0.3, -0.25) is 24.6 Å². The number of carbonyl (C=O) groups is 3. The number of anilines is 1. The molecule has 0 saturated carbocycles. The average Bonchev–Trinajstić information content (AvgIpc) is 2.37. The van der Waals surface area contributed by atoms with Crippen molar-refractivity contribution >= 4 is 23.4 Å². The number of rotatable bonds is 3. The van der Waals surface area contributed by atoms with Crippen molar-refractivity contribution in [3.05, 3.63) is 29.8 Å². The van der Waals surface area contributed by atoms with Crippen molar-refractivity contribution in [1.29, 1.82) is 0 Å². The van der Waals surface area contributed by atoms with E-state index in [0.29, 0.717) is 5.69 Å². The topological polar surface area (TPSA) is 78.5 Å². The van der Waals surface area contributed by atoms with Gasteiger partial charge in [-0.25, -0.2) is 0 Å². The van der Waals surface area contributed by atoms with Crippen LogP contribution in [0.4, 0.5) is 5.69 Å². The van der Waals surface area contributed by atoms with Crippen LogP contribution >= 0.6 is 0 Å². The van der Waals surface area contributed by atoms with Gasteiger partial charge >= 0.3 is 0 Å². The van der Waals surface area contributed by atoms with Crippen molar-refractivity contribution in [1.82, 2.24) is 10.2 Å². The normalized spacial score (nSPS) is 15.5. The third-order valence-electron chi connectivity index (χ3n) is 2.88. The average molecular weight is 261 g/mol. The van der Waals surface area contributed by atoms with Gasteiger partial charge in [0.05, 0.1) is 13.1 Å². The molecule has 1 aromatic carbocycles. The summed E-state index contributed by atoms with van der Waals surface area (Å²) < 4.78 is 0. The Labute approximate surface area is 110 Å². The highest BCUT2D eigenvalue weighted by atomic mass is 16.2. The van der Waals surface area contributed by atoms with E-state index in [0.717, 1.165) is 10.5 Å². The standard InChI is InChI=1S/C13H15N3O3/c1-9-4-2-3-5-10(9)15-11(17)8-16-12(18)6-14-7-13(16)19/h2-5,14H,6-8H2,1H3,(H,15,17). The zero-order valence-electron chi connectivity index (χ0n) is 10.6. The fourth-order valence-electron chi connectivity index (χ4n) is 1.83. The molecule has 0 radical (unpaired) electrons. The lowest BCUT2D eigenvalue weighted by Crippen LogP contribution is -2.54. The van der Waals surface area contributed by atoms with E-state index in [2.05, 4.69) is 10.6 Å². The van der Waals surface area contributed by atoms with Crippen molar-refractivity contribution in [2.75, 3.05) is 25.0 Å². The number of carbonyl (C=O) groups excluding carboxylic acids is 3. The van der Waals surface area contributed by atoms with Crippen molar-refractivity contribution in [3.8, 4) is 0 Å². The molecule has 6 heteroatoms. The Balaban J connectivity index is 1.99. The predicted molar refractivity (Wildman–Crippen MR) is 69.4 cm³/mol. The number of hydrogen-bond acceptors (Lipinski definition) is 4. The first-order valence-electron chi connectivity index (χ1n) is 5.97. The molecule has 0 unspecified atom stereocenters. The second-order valence-electron chi connectivity index (χ2n) is 4.34. The van der Waals surface area contributed by atoms with Gasteiger partial charge in [0.25, 0.3) is 0 Å². The second-order valence-corrected chi connectivity index (χ2v) is 4.34. The Bertz CT molecular complexity index is 512. The largest absolute Gasteiger partial charge is 0.324 e. The Kier molecular flexibility index (Phi) is 3.91. The first kappa shape index (κ1) is 13.2. The molecule has 0 atom stereocenters. The van der Waals surface area contributed by atoms with Crippen LogP contribution in [0, 0.1) is 6.92 Å². The number of nitrogens with zero attached hydrogens (tertiary/aromatic N) is 1. The SMILES string of the molecule is Cc1ccccc1NC(=O)CN1C(=O)CNCC1=O. The van der Waals surface area contributed by atoms with Gasteiger partial charge in [0.2, 0.25) is 17.7 Å². The summed E-state index contributed by atoms with van der Waals surface area (Å²) in [5.74, 6) is -1.13. The molecule has 2 rings (SSSR count). The maximum atomic E-state index is 11.8. The number of hydrogen-bond donors (Lipinski definition) is 2. The highest BCUT2D eigenvalue weighted by Crippen LogP contribution is 2.13. The van der Waals surface area contributed by atoms with E-state index >= 15 is 0 Å². The molecule has 1 aliphatic rings. The van der Waals surface area contributed by atoms with E-state index < -0.39 is 0 Å². The molecule has 0 aliphatic carbocycles. The minimum Gasteiger partial charge on any atom is -0.324 e. The summed E-state index contributed by atoms with van der Waals surface area (Å²) in [6, 6.07) is 7.32. The van der Waals surface area contributed by atoms with Crippen LogP contribution in [0.2, 0.25) is 0 Å². The van der Waals surface area contributed by atoms with Crippen LogP contribution in [0.1, 0.15) is 5.56 Å². The molecular weight excluding hydrogens is 246 g/mol. The maximum absolute atomic E-state index is 11.8. The summed E-state index contributed by atoms with van der Waals surface area (Å²) in [7, 11) is 0. The van der Waals surface area contributed by atoms with Gasteiger partial charge < -0.3 is 5.32 Å². The molecule has 0 spiro atoms. The molecule has 2 N–H and O–H groups in total. The molecule has 1 heterocycles. The fourth-order valence-corrected chi connectivity index (χ4v) is 1.83. The molecule has 6 nitrogen and oxygen atoms in total. The first-order valence-corrected chi connectivity index (χ1v) is 5.97. The molecule has 1 fully saturated rings. The zero-order valence-corrected chi connectivity index (χ0v) is 10.6. The van der Waals surface area contributed by atoms with Gasteiger partial charge in [-0.2, -0.15) is 0 Å². The summed E-state index contributed by atoms with van der Waals surface area (Å²) in [6.45, 7) is 1.80. The third-order valence-corrected chi connectivity index (χ3v) is 2.88. The summed E-state index contributed by atoms with van der Waals surface area (Å²) >= 11 is 0. The van der Waals surface area contributed by atoms with Gasteiger partial charge in [0.15, 0.2) is 0 Å². The molecule has 3 amide bonds. The molecule has 0 bridgehead atoms. The van der Waals surface area contributed by atoms with Crippen LogP contribution in [0.3, 0.4) is 0 Å². The summed E-state index contributed by atoms with van der Waals surface area (Å²) in [4.78, 5) is 35.9. The highest BCUT2D eigenvalue weighted by Gasteiger charge is 2.27. The minimum absolute atomic E-state index is 0.0867. The summed E-state index contributed by atoms with van der Waals surface area (Å²) in [6.07, 6.45) is 0. The third kappa shape index (κ3) is 3.17. The van der Waals surface area contributed by atoms with Gasteiger partial charge in [-0.15, -0.1) is 0 Å². The zero-order chi connectivity index (χ0) is 13.8. The minimum atomic E-state index is -0.379. The van der Waals surface area contributed by atoms with E-state index in [1.807, 2.05) is 25.1 Å². The quantitative estimate of drug-likeness (QED) is 0.744. The molecule has 100 valence electrons. The molecule has 1 aromatic rings. The van der Waals surface area contributed by atoms with Crippen molar-refractivity contribution in [3.63, 3.8) is 0 Å². The van der Waals surface area contributed by atoms with Crippen LogP contribution in [-0.2, 0) is 14.4 Å². The number of amides is 3. The van der Waals surface area contributed by atoms with Crippen molar-refractivity contribution in [2.24, 2.45) is 0 Å². The molecule has 19 heavy (non-hydrogen) atoms. The Hall–Kier alpha value is -2.21. The van der Waals surface area contributed by atoms with Crippen LogP contribution in [-0.4, -0.2) is 42.3 Å². The van der Waals surface area contributed by atoms with Crippen LogP contribution < -0.4 is 10.6 Å². The van der Waals surface area contributed by atoms with Crippen LogP contribution in [0.5, 0.6) is 0 Å². The van der Waals surface area contributed by atoms with Crippen molar-refractivity contribution < 1.29 is 14.4 Å². The van der Waals surface area contributed by atoms with Gasteiger partial charge in [0.1, 0.15) is 6.54 Å². The smallest absolute Gasteiger partial charge is 0.244 e. The number of benzene rings is 1. The number of piperazine rings is 1. The molecule has 0 aromatic heterocycles. The predicted octanol–water partition coefficient (Wildman–Crippen LogP) is -0.108. The maximum Gasteiger partial charge on any atom is 0.244 e. The van der Waals surface area contributed by atoms with Crippen molar-refractivity contribution in [2.45, 2.75) is 6.92 Å². The number of nitrogens with one attached hydrogen (secondary N) is 2. The van der Waals surface area contributed by atoms with E-state index in [1.165, 1.54) is 0 Å². The highest BCUT2D eigenvalue weighted by molar-refractivity contribution is 6.04. The van der Waals surface area contributed by atoms with Crippen LogP contribution in [0.15, 0.2) is 24.3 Å². The van der Waals surface area contributed by atoms with Crippen LogP contribution in [0.25, 0.3) is 0 Å². The Morgan fingerprint density at radius 2 is 1.89 bits per heavy atom. The monoisotopic (exact) mass is 261 g/mol. The van der Waals surface area contributed by atoms with Gasteiger partial charge in [0, 0.05) is 5.69 Å². The second kappa shape index (κ2) is 5.62. The number of aryl methyl sites for hydroxylation is 1. The lowest BCUT2D eigenvalue weighted by molar-refractivity contribution is -0.148. The van der Waals surface area contributed by atoms with E-state index in [1.54, 1.807) is 6.07 Å². The Morgan fingerprint density at radius 3 is 2.53 bits per heavy atom. The Morgan fingerprint density at radius 1 is 1.26 bits per heavy atom. The molecular formula is C13H15N3O3. The lowest BCUT2D eigenvalue weighted by Gasteiger charge is -2.24. The first-order chi connectivity index (χ1) is 9.08. The lowest BCUT2D eigenvalue weighted by atomic mass is 10.2. The molecule has 1 aliphatic heterocycles. The summed E-state index contributed by atoms with van der Waals surface area (Å²) in [5, 5.41) is 5.37. The molecule has 1 saturated heterocycles. The van der Waals surface area contributed by atoms with E-state index in [-0.39, 0.29) is 37.4 Å². The number of imide groups is 1. The van der Waals surface area contributed by atoms with E-state index in [4.69, 9.17) is 0 Å². The summed E-state index contributed by atoms with van der Waals surface area (Å²) in [5.41, 5.74) is 1.61. The number of para-hydroxylation sites is 1. The fraction of sp³-hybridized carbons (Fsp3) is 0.308. The van der Waals surface area contributed by atoms with E-state index in [9.17, 15) is 14.4 Å². The van der Waals surface area contributed by atoms with Gasteiger partial charge in [-0.05, 0) is 18.6 Å². The van der Waals surface area contributed by atoms with Gasteiger partial charge in [-0.1, -0.05) is 18.2 Å².